The molecule has 0 aromatic heterocycles. The highest BCUT2D eigenvalue weighted by Crippen LogP contribution is 1.98. The molecule has 0 spiro atoms. The second-order valence-electron chi connectivity index (χ2n) is 4.33. The summed E-state index contributed by atoms with van der Waals surface area (Å²) < 4.78 is 4.62. The van der Waals surface area contributed by atoms with Gasteiger partial charge in [-0.1, -0.05) is 30.3 Å². The van der Waals surface area contributed by atoms with Crippen LogP contribution in [-0.4, -0.2) is 36.8 Å². The Morgan fingerprint density at radius 3 is 2.32 bits per heavy atom. The maximum absolute atomic E-state index is 11.6. The molecule has 1 rings (SSSR count). The number of carbonyl (C=O) groups is 4. The first-order chi connectivity index (χ1) is 10.5. The first-order valence-corrected chi connectivity index (χ1v) is 6.49. The summed E-state index contributed by atoms with van der Waals surface area (Å²) in [7, 11) is 0. The summed E-state index contributed by atoms with van der Waals surface area (Å²) in [5.41, 5.74) is 4.90. The van der Waals surface area contributed by atoms with Crippen molar-refractivity contribution >= 4 is 23.7 Å². The van der Waals surface area contributed by atoms with Crippen LogP contribution in [0.4, 0.5) is 0 Å². The molecule has 3 N–H and O–H groups in total. The van der Waals surface area contributed by atoms with Crippen LogP contribution in [0.3, 0.4) is 0 Å². The van der Waals surface area contributed by atoms with Gasteiger partial charge >= 0.3 is 5.97 Å². The van der Waals surface area contributed by atoms with Crippen LogP contribution in [0.25, 0.3) is 0 Å². The van der Waals surface area contributed by atoms with Crippen LogP contribution in [0.2, 0.25) is 0 Å². The zero-order valence-electron chi connectivity index (χ0n) is 12.0. The summed E-state index contributed by atoms with van der Waals surface area (Å²) in [4.78, 5) is 44.6. The van der Waals surface area contributed by atoms with E-state index in [9.17, 15) is 19.2 Å². The Kier molecular flexibility index (Phi) is 7.10. The van der Waals surface area contributed by atoms with Crippen LogP contribution in [0.15, 0.2) is 30.3 Å². The number of esters is 1. The molecular formula is C14H17N3O5. The zero-order chi connectivity index (χ0) is 16.4. The molecule has 3 amide bonds. The van der Waals surface area contributed by atoms with Crippen LogP contribution in [0.5, 0.6) is 0 Å². The number of hydrazine groups is 1. The highest BCUT2D eigenvalue weighted by Gasteiger charge is 2.09. The predicted molar refractivity (Wildman–Crippen MR) is 76.1 cm³/mol. The molecule has 0 atom stereocenters. The molecule has 0 aliphatic heterocycles. The van der Waals surface area contributed by atoms with Crippen LogP contribution in [-0.2, 0) is 30.3 Å². The van der Waals surface area contributed by atoms with Crippen molar-refractivity contribution in [1.82, 2.24) is 16.2 Å². The standard InChI is InChI=1S/C14H17N3O5/c1-10(18)16-17-13(20)9-22-14(21)8-15-12(19)7-11-5-3-2-4-6-11/h2-6H,7-9H2,1H3,(H,15,19)(H,16,18)(H,17,20). The molecule has 0 radical (unpaired) electrons. The van der Waals surface area contributed by atoms with Crippen molar-refractivity contribution in [2.45, 2.75) is 13.3 Å². The molecular weight excluding hydrogens is 290 g/mol. The van der Waals surface area contributed by atoms with E-state index in [4.69, 9.17) is 0 Å². The molecule has 118 valence electrons. The number of hydrogen-bond donors (Lipinski definition) is 3. The fraction of sp³-hybridized carbons (Fsp3) is 0.286. The number of amides is 3. The van der Waals surface area contributed by atoms with Gasteiger partial charge < -0.3 is 10.1 Å². The van der Waals surface area contributed by atoms with E-state index in [1.807, 2.05) is 29.1 Å². The van der Waals surface area contributed by atoms with Gasteiger partial charge in [0.05, 0.1) is 6.42 Å². The van der Waals surface area contributed by atoms with Gasteiger partial charge in [-0.2, -0.15) is 0 Å². The van der Waals surface area contributed by atoms with Gasteiger partial charge in [0.15, 0.2) is 6.61 Å². The van der Waals surface area contributed by atoms with Gasteiger partial charge in [-0.3, -0.25) is 30.0 Å². The van der Waals surface area contributed by atoms with Crippen molar-refractivity contribution < 1.29 is 23.9 Å². The van der Waals surface area contributed by atoms with Gasteiger partial charge in [-0.15, -0.1) is 0 Å². The number of ether oxygens (including phenoxy) is 1. The van der Waals surface area contributed by atoms with E-state index in [0.29, 0.717) is 0 Å². The highest BCUT2D eigenvalue weighted by molar-refractivity contribution is 5.85. The molecule has 0 aliphatic carbocycles. The van der Waals surface area contributed by atoms with E-state index in [1.54, 1.807) is 12.1 Å². The van der Waals surface area contributed by atoms with Gasteiger partial charge in [0.2, 0.25) is 11.8 Å². The lowest BCUT2D eigenvalue weighted by molar-refractivity contribution is -0.148. The highest BCUT2D eigenvalue weighted by atomic mass is 16.5. The maximum Gasteiger partial charge on any atom is 0.325 e. The second-order valence-corrected chi connectivity index (χ2v) is 4.33. The smallest absolute Gasteiger partial charge is 0.325 e. The molecule has 8 heteroatoms. The third kappa shape index (κ3) is 7.63. The van der Waals surface area contributed by atoms with Crippen molar-refractivity contribution in [3.63, 3.8) is 0 Å². The van der Waals surface area contributed by atoms with Crippen LogP contribution in [0, 0.1) is 0 Å². The van der Waals surface area contributed by atoms with E-state index in [0.717, 1.165) is 5.56 Å². The fourth-order valence-electron chi connectivity index (χ4n) is 1.41. The largest absolute Gasteiger partial charge is 0.454 e. The van der Waals surface area contributed by atoms with Crippen molar-refractivity contribution in [2.24, 2.45) is 0 Å². The number of nitrogens with one attached hydrogen (secondary N) is 3. The minimum Gasteiger partial charge on any atom is -0.454 e. The lowest BCUT2D eigenvalue weighted by Crippen LogP contribution is -2.43. The topological polar surface area (TPSA) is 114 Å². The Hall–Kier alpha value is -2.90. The third-order valence-corrected chi connectivity index (χ3v) is 2.38. The summed E-state index contributed by atoms with van der Waals surface area (Å²) in [5, 5.41) is 2.39. The Labute approximate surface area is 127 Å². The van der Waals surface area contributed by atoms with Crippen LogP contribution in [0.1, 0.15) is 12.5 Å². The average Bonchev–Trinajstić information content (AvgIpc) is 2.49. The maximum atomic E-state index is 11.6. The van der Waals surface area contributed by atoms with Crippen molar-refractivity contribution in [3.8, 4) is 0 Å². The molecule has 0 saturated carbocycles. The molecule has 0 heterocycles. The van der Waals surface area contributed by atoms with Gasteiger partial charge in [-0.05, 0) is 5.56 Å². The quantitative estimate of drug-likeness (QED) is 0.463. The molecule has 0 aliphatic rings. The third-order valence-electron chi connectivity index (χ3n) is 2.38. The molecule has 0 fully saturated rings. The second kappa shape index (κ2) is 9.11. The normalized spacial score (nSPS) is 9.50. The van der Waals surface area contributed by atoms with Crippen molar-refractivity contribution in [2.75, 3.05) is 13.2 Å². The fourth-order valence-corrected chi connectivity index (χ4v) is 1.41. The first kappa shape index (κ1) is 17.2. The van der Waals surface area contributed by atoms with Gasteiger partial charge in [0.1, 0.15) is 6.54 Å². The summed E-state index contributed by atoms with van der Waals surface area (Å²) in [6.07, 6.45) is 0.150. The summed E-state index contributed by atoms with van der Waals surface area (Å²) >= 11 is 0. The average molecular weight is 307 g/mol. The zero-order valence-corrected chi connectivity index (χ0v) is 12.0. The molecule has 0 saturated heterocycles. The van der Waals surface area contributed by atoms with Gasteiger partial charge in [0, 0.05) is 6.92 Å². The molecule has 8 nitrogen and oxygen atoms in total. The molecule has 22 heavy (non-hydrogen) atoms. The Bertz CT molecular complexity index is 545. The number of benzene rings is 1. The SMILES string of the molecule is CC(=O)NNC(=O)COC(=O)CNC(=O)Cc1ccccc1. The van der Waals surface area contributed by atoms with E-state index in [2.05, 4.69) is 10.1 Å². The van der Waals surface area contributed by atoms with Crippen molar-refractivity contribution in [1.29, 1.82) is 0 Å². The summed E-state index contributed by atoms with van der Waals surface area (Å²) in [6.45, 7) is 0.335. The predicted octanol–water partition coefficient (Wildman–Crippen LogP) is -0.944. The number of carbonyl (C=O) groups excluding carboxylic acids is 4. The monoisotopic (exact) mass is 307 g/mol. The summed E-state index contributed by atoms with van der Waals surface area (Å²) in [6, 6.07) is 9.05. The molecule has 1 aromatic rings. The van der Waals surface area contributed by atoms with Crippen LogP contribution >= 0.6 is 0 Å². The lowest BCUT2D eigenvalue weighted by atomic mass is 10.1. The Morgan fingerprint density at radius 2 is 1.68 bits per heavy atom. The molecule has 0 unspecified atom stereocenters. The first-order valence-electron chi connectivity index (χ1n) is 6.49. The van der Waals surface area contributed by atoms with E-state index < -0.39 is 24.4 Å². The van der Waals surface area contributed by atoms with E-state index in [1.165, 1.54) is 6.92 Å². The van der Waals surface area contributed by atoms with Crippen LogP contribution < -0.4 is 16.2 Å². The van der Waals surface area contributed by atoms with E-state index >= 15 is 0 Å². The lowest BCUT2D eigenvalue weighted by Gasteiger charge is -2.07. The summed E-state index contributed by atoms with van der Waals surface area (Å²) in [5.74, 6) is -2.21. The minimum atomic E-state index is -0.751. The Morgan fingerprint density at radius 1 is 1.00 bits per heavy atom. The molecule has 0 bridgehead atoms. The minimum absolute atomic E-state index is 0.150. The van der Waals surface area contributed by atoms with Gasteiger partial charge in [0.25, 0.3) is 5.91 Å². The Balaban J connectivity index is 2.18. The van der Waals surface area contributed by atoms with E-state index in [-0.39, 0.29) is 18.9 Å². The molecule has 1 aromatic carbocycles. The van der Waals surface area contributed by atoms with Gasteiger partial charge in [-0.25, -0.2) is 0 Å². The number of hydrogen-bond acceptors (Lipinski definition) is 5. The van der Waals surface area contributed by atoms with Crippen molar-refractivity contribution in [3.05, 3.63) is 35.9 Å². The number of rotatable bonds is 6.